The molecule has 6 heteroatoms. The summed E-state index contributed by atoms with van der Waals surface area (Å²) in [4.78, 5) is 10.8. The van der Waals surface area contributed by atoms with Crippen molar-refractivity contribution in [2.24, 2.45) is 0 Å². The Morgan fingerprint density at radius 1 is 0.274 bits per heavy atom. The Balaban J connectivity index is 1.17. The summed E-state index contributed by atoms with van der Waals surface area (Å²) in [6.07, 6.45) is 0. The van der Waals surface area contributed by atoms with Crippen molar-refractivity contribution in [1.29, 1.82) is 0 Å². The van der Waals surface area contributed by atoms with E-state index in [1.54, 1.807) is 0 Å². The fraction of sp³-hybridized carbons (Fsp3) is 0. The van der Waals surface area contributed by atoms with Crippen LogP contribution in [0.5, 0.6) is 0 Å². The van der Waals surface area contributed by atoms with E-state index in [2.05, 4.69) is 224 Å². The number of aromatic nitrogens is 6. The zero-order chi connectivity index (χ0) is 40.5. The first-order chi connectivity index (χ1) is 30.8. The quantitative estimate of drug-likeness (QED) is 0.179. The Kier molecular flexibility index (Phi) is 6.74. The number of hydrogen-bond donors (Lipinski definition) is 0. The van der Waals surface area contributed by atoms with Gasteiger partial charge in [-0.3, -0.25) is 8.80 Å². The molecule has 5 aromatic heterocycles. The molecular formula is C56H34N6. The Morgan fingerprint density at radius 2 is 0.726 bits per heavy atom. The Bertz CT molecular complexity index is 4220. The first kappa shape index (κ1) is 33.4. The molecule has 0 bridgehead atoms. The minimum absolute atomic E-state index is 0.881. The van der Waals surface area contributed by atoms with E-state index in [1.807, 2.05) is 0 Å². The van der Waals surface area contributed by atoms with Crippen LogP contribution >= 0.6 is 0 Å². The van der Waals surface area contributed by atoms with Gasteiger partial charge in [0, 0.05) is 43.7 Å². The van der Waals surface area contributed by atoms with Gasteiger partial charge in [0.2, 0.25) is 0 Å². The maximum atomic E-state index is 5.45. The lowest BCUT2D eigenvalue weighted by molar-refractivity contribution is 1.15. The SMILES string of the molecule is c1ccc(-c2cccc(-n3c4ccccc4c4ccc5c6ccccc6n(-c6ccc7c(c6)c6nc8ccccc8n6c6ccccc6n6c8ccccc8nc76)c5c43)c2)cc1. The molecule has 0 aliphatic heterocycles. The van der Waals surface area contributed by atoms with Crippen LogP contribution in [-0.2, 0) is 0 Å². The van der Waals surface area contributed by atoms with Gasteiger partial charge in [-0.15, -0.1) is 0 Å². The molecule has 5 heterocycles. The summed E-state index contributed by atoms with van der Waals surface area (Å²) in [7, 11) is 0. The van der Waals surface area contributed by atoms with Crippen LogP contribution in [0.3, 0.4) is 0 Å². The molecule has 14 rings (SSSR count). The zero-order valence-electron chi connectivity index (χ0n) is 33.3. The maximum absolute atomic E-state index is 5.45. The van der Waals surface area contributed by atoms with Crippen molar-refractivity contribution in [2.45, 2.75) is 0 Å². The third-order valence-corrected chi connectivity index (χ3v) is 12.9. The first-order valence-electron chi connectivity index (χ1n) is 21.1. The van der Waals surface area contributed by atoms with Gasteiger partial charge >= 0.3 is 0 Å². The number of nitrogens with zero attached hydrogens (tertiary/aromatic N) is 6. The average Bonchev–Trinajstić information content (AvgIpc) is 4.09. The molecule has 6 nitrogen and oxygen atoms in total. The van der Waals surface area contributed by atoms with Crippen LogP contribution in [0.1, 0.15) is 0 Å². The van der Waals surface area contributed by atoms with Crippen LogP contribution in [-0.4, -0.2) is 27.9 Å². The Labute approximate surface area is 354 Å². The molecule has 0 aliphatic carbocycles. The van der Waals surface area contributed by atoms with E-state index in [-0.39, 0.29) is 0 Å². The molecule has 0 radical (unpaired) electrons. The first-order valence-corrected chi connectivity index (χ1v) is 21.1. The maximum Gasteiger partial charge on any atom is 0.146 e. The van der Waals surface area contributed by atoms with Gasteiger partial charge in [-0.1, -0.05) is 127 Å². The number of para-hydroxylation sites is 8. The molecule has 9 aromatic carbocycles. The van der Waals surface area contributed by atoms with Crippen LogP contribution in [0.15, 0.2) is 206 Å². The third kappa shape index (κ3) is 4.52. The van der Waals surface area contributed by atoms with E-state index in [0.717, 1.165) is 77.6 Å². The molecule has 0 amide bonds. The number of hydrogen-bond acceptors (Lipinski definition) is 2. The number of imidazole rings is 2. The van der Waals surface area contributed by atoms with E-state index >= 15 is 0 Å². The van der Waals surface area contributed by atoms with E-state index < -0.39 is 0 Å². The van der Waals surface area contributed by atoms with E-state index in [0.29, 0.717) is 0 Å². The molecule has 0 saturated heterocycles. The van der Waals surface area contributed by atoms with Crippen LogP contribution in [0.25, 0.3) is 121 Å². The molecule has 14 aromatic rings. The molecule has 0 unspecified atom stereocenters. The van der Waals surface area contributed by atoms with Crippen molar-refractivity contribution in [3.05, 3.63) is 206 Å². The van der Waals surface area contributed by atoms with Crippen molar-refractivity contribution in [3.8, 4) is 22.5 Å². The molecule has 0 atom stereocenters. The van der Waals surface area contributed by atoms with Crippen LogP contribution in [0.2, 0.25) is 0 Å². The third-order valence-electron chi connectivity index (χ3n) is 12.9. The summed E-state index contributed by atoms with van der Waals surface area (Å²) in [5.74, 6) is 0. The van der Waals surface area contributed by atoms with Gasteiger partial charge in [-0.05, 0) is 90.0 Å². The summed E-state index contributed by atoms with van der Waals surface area (Å²) >= 11 is 0. The lowest BCUT2D eigenvalue weighted by Gasteiger charge is -2.14. The van der Waals surface area contributed by atoms with Gasteiger partial charge in [-0.25, -0.2) is 9.97 Å². The van der Waals surface area contributed by atoms with Crippen molar-refractivity contribution >= 4 is 98.8 Å². The highest BCUT2D eigenvalue weighted by atomic mass is 15.1. The number of fused-ring (bicyclic) bond motifs is 19. The van der Waals surface area contributed by atoms with Gasteiger partial charge < -0.3 is 9.13 Å². The predicted octanol–water partition coefficient (Wildman–Crippen LogP) is 14.0. The summed E-state index contributed by atoms with van der Waals surface area (Å²) < 4.78 is 9.62. The molecule has 0 fully saturated rings. The second kappa shape index (κ2) is 12.5. The standard InChI is InChI=1S/C56H34N6/c1-2-15-35(16-3-1)36-17-14-18-37(33-36)59-47-23-8-4-19-39(47)41-31-32-42-40-20-5-9-24-48(40)60(54(42)53(41)59)38-29-30-43-44(34-38)56-58-46-22-7-11-26-50(46)62(56)52-28-13-12-27-51(52)61-49-25-10-6-21-45(49)57-55(43)61/h1-34H. The van der Waals surface area contributed by atoms with Crippen LogP contribution < -0.4 is 0 Å². The van der Waals surface area contributed by atoms with E-state index in [1.165, 1.54) is 43.7 Å². The molecule has 62 heavy (non-hydrogen) atoms. The minimum Gasteiger partial charge on any atom is -0.307 e. The smallest absolute Gasteiger partial charge is 0.146 e. The lowest BCUT2D eigenvalue weighted by Crippen LogP contribution is -2.00. The number of benzene rings is 9. The molecule has 0 spiro atoms. The van der Waals surface area contributed by atoms with E-state index in [4.69, 9.17) is 9.97 Å². The van der Waals surface area contributed by atoms with Gasteiger partial charge in [0.15, 0.2) is 0 Å². The summed E-state index contributed by atoms with van der Waals surface area (Å²) in [6.45, 7) is 0. The second-order valence-corrected chi connectivity index (χ2v) is 16.2. The van der Waals surface area contributed by atoms with Crippen molar-refractivity contribution in [1.82, 2.24) is 27.9 Å². The fourth-order valence-electron chi connectivity index (χ4n) is 10.3. The molecule has 0 N–H and O–H groups in total. The highest BCUT2D eigenvalue weighted by Crippen LogP contribution is 2.43. The predicted molar refractivity (Wildman–Crippen MR) is 257 cm³/mol. The lowest BCUT2D eigenvalue weighted by atomic mass is 10.1. The fourth-order valence-corrected chi connectivity index (χ4v) is 10.3. The molecule has 0 saturated carbocycles. The van der Waals surface area contributed by atoms with E-state index in [9.17, 15) is 0 Å². The number of rotatable bonds is 3. The van der Waals surface area contributed by atoms with Crippen molar-refractivity contribution in [3.63, 3.8) is 0 Å². The average molecular weight is 791 g/mol. The monoisotopic (exact) mass is 790 g/mol. The minimum atomic E-state index is 0.881. The molecular weight excluding hydrogens is 757 g/mol. The van der Waals surface area contributed by atoms with Gasteiger partial charge in [0.25, 0.3) is 0 Å². The van der Waals surface area contributed by atoms with Gasteiger partial charge in [-0.2, -0.15) is 0 Å². The Hall–Kier alpha value is -8.48. The van der Waals surface area contributed by atoms with Crippen LogP contribution in [0, 0.1) is 0 Å². The summed E-state index contributed by atoms with van der Waals surface area (Å²) in [5, 5.41) is 6.86. The topological polar surface area (TPSA) is 44.5 Å². The summed E-state index contributed by atoms with van der Waals surface area (Å²) in [5.41, 5.74) is 17.1. The largest absolute Gasteiger partial charge is 0.307 e. The van der Waals surface area contributed by atoms with Gasteiger partial charge in [0.1, 0.15) is 11.3 Å². The molecule has 0 aliphatic rings. The second-order valence-electron chi connectivity index (χ2n) is 16.2. The van der Waals surface area contributed by atoms with Crippen molar-refractivity contribution < 1.29 is 0 Å². The highest BCUT2D eigenvalue weighted by molar-refractivity contribution is 6.24. The van der Waals surface area contributed by atoms with Crippen molar-refractivity contribution in [2.75, 3.05) is 0 Å². The van der Waals surface area contributed by atoms with Crippen LogP contribution in [0.4, 0.5) is 0 Å². The molecule has 288 valence electrons. The van der Waals surface area contributed by atoms with Gasteiger partial charge in [0.05, 0.1) is 55.2 Å². The zero-order valence-corrected chi connectivity index (χ0v) is 33.3. The normalized spacial score (nSPS) is 12.2. The summed E-state index contributed by atoms with van der Waals surface area (Å²) in [6, 6.07) is 74.3. The Morgan fingerprint density at radius 3 is 1.32 bits per heavy atom. The highest BCUT2D eigenvalue weighted by Gasteiger charge is 2.23.